The van der Waals surface area contributed by atoms with Crippen molar-refractivity contribution in [1.29, 1.82) is 0 Å². The Morgan fingerprint density at radius 1 is 1.00 bits per heavy atom. The first-order valence-electron chi connectivity index (χ1n) is 7.46. The van der Waals surface area contributed by atoms with Gasteiger partial charge in [-0.1, -0.05) is 63.0 Å². The van der Waals surface area contributed by atoms with E-state index in [1.165, 1.54) is 38.5 Å². The van der Waals surface area contributed by atoms with Gasteiger partial charge in [-0.2, -0.15) is 0 Å². The monoisotopic (exact) mass is 248 g/mol. The molecule has 0 spiro atoms. The Kier molecular flexibility index (Phi) is 8.58. The van der Waals surface area contributed by atoms with Gasteiger partial charge in [-0.15, -0.1) is 6.58 Å². The van der Waals surface area contributed by atoms with E-state index >= 15 is 0 Å². The summed E-state index contributed by atoms with van der Waals surface area (Å²) < 4.78 is 5.37. The smallest absolute Gasteiger partial charge is 0.102 e. The summed E-state index contributed by atoms with van der Waals surface area (Å²) in [6, 6.07) is 0. The molecule has 1 rings (SSSR count). The van der Waals surface area contributed by atoms with E-state index in [9.17, 15) is 0 Å². The average molecular weight is 248 g/mol. The zero-order valence-electron chi connectivity index (χ0n) is 11.8. The molecule has 1 aliphatic heterocycles. The van der Waals surface area contributed by atoms with Crippen LogP contribution in [0.4, 0.5) is 0 Å². The second-order valence-electron chi connectivity index (χ2n) is 4.99. The maximum absolute atomic E-state index is 5.37. The van der Waals surface area contributed by atoms with Gasteiger partial charge < -0.3 is 4.74 Å². The summed E-state index contributed by atoms with van der Waals surface area (Å²) in [7, 11) is 0. The molecular formula is C17H28O. The van der Waals surface area contributed by atoms with Crippen LogP contribution in [0, 0.1) is 0 Å². The quantitative estimate of drug-likeness (QED) is 0.278. The molecule has 0 radical (unpaired) electrons. The van der Waals surface area contributed by atoms with Crippen LogP contribution in [0.25, 0.3) is 0 Å². The van der Waals surface area contributed by atoms with Crippen LogP contribution in [0.15, 0.2) is 37.0 Å². The molecule has 1 heterocycles. The third-order valence-electron chi connectivity index (χ3n) is 3.30. The van der Waals surface area contributed by atoms with Crippen molar-refractivity contribution < 1.29 is 4.74 Å². The molecule has 1 aliphatic rings. The first kappa shape index (κ1) is 15.2. The highest BCUT2D eigenvalue weighted by molar-refractivity contribution is 5.03. The minimum atomic E-state index is 0.313. The van der Waals surface area contributed by atoms with Gasteiger partial charge in [0.25, 0.3) is 0 Å². The third-order valence-corrected chi connectivity index (χ3v) is 3.30. The van der Waals surface area contributed by atoms with Gasteiger partial charge in [0.15, 0.2) is 0 Å². The molecule has 0 aromatic rings. The van der Waals surface area contributed by atoms with E-state index in [1.807, 2.05) is 6.08 Å². The number of allylic oxidation sites excluding steroid dienone is 3. The van der Waals surface area contributed by atoms with E-state index in [0.29, 0.717) is 12.2 Å². The third kappa shape index (κ3) is 7.50. The van der Waals surface area contributed by atoms with Crippen molar-refractivity contribution in [3.05, 3.63) is 37.0 Å². The molecule has 1 heteroatoms. The average Bonchev–Trinajstić information content (AvgIpc) is 3.14. The Bertz CT molecular complexity index is 265. The Morgan fingerprint density at radius 3 is 2.50 bits per heavy atom. The van der Waals surface area contributed by atoms with Crippen LogP contribution in [-0.4, -0.2) is 12.2 Å². The van der Waals surface area contributed by atoms with Crippen LogP contribution in [0.5, 0.6) is 0 Å². The predicted molar refractivity (Wildman–Crippen MR) is 79.7 cm³/mol. The fourth-order valence-electron chi connectivity index (χ4n) is 2.04. The standard InChI is InChI=1S/C17H28O/c1-3-5-6-7-8-9-10-11-12-13-14-15-17-16(4-2)18-17/h4,10-11,13-14,16-17H,2-3,5-9,12,15H2,1H3/b11-10-,14-13-. The van der Waals surface area contributed by atoms with E-state index in [-0.39, 0.29) is 0 Å². The molecule has 1 fully saturated rings. The summed E-state index contributed by atoms with van der Waals surface area (Å²) in [5.41, 5.74) is 0. The zero-order chi connectivity index (χ0) is 13.1. The molecule has 0 aromatic carbocycles. The number of epoxide rings is 1. The van der Waals surface area contributed by atoms with Crippen molar-refractivity contribution in [3.8, 4) is 0 Å². The molecule has 0 bridgehead atoms. The maximum Gasteiger partial charge on any atom is 0.102 e. The molecule has 18 heavy (non-hydrogen) atoms. The van der Waals surface area contributed by atoms with Crippen molar-refractivity contribution in [2.45, 2.75) is 70.5 Å². The van der Waals surface area contributed by atoms with Crippen LogP contribution in [-0.2, 0) is 4.74 Å². The molecule has 0 aromatic heterocycles. The fourth-order valence-corrected chi connectivity index (χ4v) is 2.04. The molecule has 0 saturated carbocycles. The maximum atomic E-state index is 5.37. The van der Waals surface area contributed by atoms with Crippen LogP contribution < -0.4 is 0 Å². The van der Waals surface area contributed by atoms with Crippen LogP contribution in [0.3, 0.4) is 0 Å². The summed E-state index contributed by atoms with van der Waals surface area (Å²) in [4.78, 5) is 0. The van der Waals surface area contributed by atoms with Gasteiger partial charge in [0, 0.05) is 0 Å². The summed E-state index contributed by atoms with van der Waals surface area (Å²) >= 11 is 0. The summed E-state index contributed by atoms with van der Waals surface area (Å²) in [6.07, 6.45) is 21.8. The zero-order valence-corrected chi connectivity index (χ0v) is 11.8. The van der Waals surface area contributed by atoms with E-state index in [2.05, 4.69) is 37.8 Å². The number of hydrogen-bond acceptors (Lipinski definition) is 1. The highest BCUT2D eigenvalue weighted by Crippen LogP contribution is 2.26. The predicted octanol–water partition coefficient (Wildman–Crippen LogP) is 5.19. The number of hydrogen-bond donors (Lipinski definition) is 0. The van der Waals surface area contributed by atoms with Gasteiger partial charge in [0.2, 0.25) is 0 Å². The largest absolute Gasteiger partial charge is 0.365 e. The lowest BCUT2D eigenvalue weighted by Gasteiger charge is -1.95. The minimum Gasteiger partial charge on any atom is -0.365 e. The second-order valence-corrected chi connectivity index (χ2v) is 4.99. The van der Waals surface area contributed by atoms with Gasteiger partial charge in [-0.3, -0.25) is 0 Å². The molecule has 0 amide bonds. The van der Waals surface area contributed by atoms with Crippen molar-refractivity contribution in [3.63, 3.8) is 0 Å². The summed E-state index contributed by atoms with van der Waals surface area (Å²) in [5, 5.41) is 0. The van der Waals surface area contributed by atoms with E-state index < -0.39 is 0 Å². The first-order chi connectivity index (χ1) is 8.88. The number of rotatable bonds is 11. The topological polar surface area (TPSA) is 12.5 Å². The first-order valence-corrected chi connectivity index (χ1v) is 7.46. The SMILES string of the molecule is C=CC1OC1C/C=C\C/C=C\CCCCCCC. The Labute approximate surface area is 113 Å². The summed E-state index contributed by atoms with van der Waals surface area (Å²) in [6.45, 7) is 5.98. The van der Waals surface area contributed by atoms with Gasteiger partial charge in [0.05, 0.1) is 6.10 Å². The number of unbranched alkanes of at least 4 members (excludes halogenated alkanes) is 5. The molecular weight excluding hydrogens is 220 g/mol. The molecule has 2 atom stereocenters. The van der Waals surface area contributed by atoms with Crippen molar-refractivity contribution >= 4 is 0 Å². The Morgan fingerprint density at radius 2 is 1.78 bits per heavy atom. The molecule has 0 N–H and O–H groups in total. The fraction of sp³-hybridized carbons (Fsp3) is 0.647. The highest BCUT2D eigenvalue weighted by Gasteiger charge is 2.34. The normalized spacial score (nSPS) is 22.9. The molecule has 1 saturated heterocycles. The van der Waals surface area contributed by atoms with Crippen molar-refractivity contribution in [2.75, 3.05) is 0 Å². The molecule has 2 unspecified atom stereocenters. The molecule has 102 valence electrons. The van der Waals surface area contributed by atoms with Crippen LogP contribution in [0.2, 0.25) is 0 Å². The van der Waals surface area contributed by atoms with Crippen molar-refractivity contribution in [1.82, 2.24) is 0 Å². The van der Waals surface area contributed by atoms with Crippen LogP contribution >= 0.6 is 0 Å². The van der Waals surface area contributed by atoms with E-state index in [1.54, 1.807) is 0 Å². The summed E-state index contributed by atoms with van der Waals surface area (Å²) in [5.74, 6) is 0. The minimum absolute atomic E-state index is 0.313. The van der Waals surface area contributed by atoms with Gasteiger partial charge >= 0.3 is 0 Å². The molecule has 1 nitrogen and oxygen atoms in total. The number of ether oxygens (including phenoxy) is 1. The lowest BCUT2D eigenvalue weighted by molar-refractivity contribution is 0.390. The van der Waals surface area contributed by atoms with Crippen LogP contribution in [0.1, 0.15) is 58.3 Å². The van der Waals surface area contributed by atoms with Gasteiger partial charge in [0.1, 0.15) is 6.10 Å². The Hall–Kier alpha value is -0.820. The lowest BCUT2D eigenvalue weighted by Crippen LogP contribution is -1.86. The Balaban J connectivity index is 1.85. The second kappa shape index (κ2) is 10.1. The van der Waals surface area contributed by atoms with Crippen molar-refractivity contribution in [2.24, 2.45) is 0 Å². The van der Waals surface area contributed by atoms with E-state index in [0.717, 1.165) is 12.8 Å². The van der Waals surface area contributed by atoms with Gasteiger partial charge in [-0.05, 0) is 25.7 Å². The van der Waals surface area contributed by atoms with E-state index in [4.69, 9.17) is 4.74 Å². The molecule has 0 aliphatic carbocycles. The van der Waals surface area contributed by atoms with Gasteiger partial charge in [-0.25, -0.2) is 0 Å². The highest BCUT2D eigenvalue weighted by atomic mass is 16.6. The lowest BCUT2D eigenvalue weighted by atomic mass is 10.1.